The van der Waals surface area contributed by atoms with Crippen molar-refractivity contribution in [2.24, 2.45) is 16.5 Å². The molecule has 4 unspecified atom stereocenters. The molecule has 3 aromatic carbocycles. The number of carbonyl (C=O) groups excluding carboxylic acids is 1. The molecule has 8 heterocycles. The number of rotatable bonds is 6. The Morgan fingerprint density at radius 2 is 0.899 bits per heavy atom. The third-order valence-corrected chi connectivity index (χ3v) is 18.2. The van der Waals surface area contributed by atoms with Crippen LogP contribution in [0.15, 0.2) is 96.0 Å². The van der Waals surface area contributed by atoms with E-state index in [0.29, 0.717) is 25.3 Å². The molecular weight excluding hydrogens is 1260 g/mol. The minimum atomic E-state index is -2.60. The number of hydrogen-bond donors (Lipinski definition) is 4. The molecule has 12 nitrogen and oxygen atoms in total. The molecule has 9 atom stereocenters. The fourth-order valence-corrected chi connectivity index (χ4v) is 14.7. The average Bonchev–Trinajstić information content (AvgIpc) is 1.83. The zero-order valence-electron chi connectivity index (χ0n) is 56.3. The summed E-state index contributed by atoms with van der Waals surface area (Å²) in [4.78, 5) is 24.0. The quantitative estimate of drug-likeness (QED) is 0.106. The first-order chi connectivity index (χ1) is 38.4. The zero-order valence-corrected chi connectivity index (χ0v) is 58.9. The number of benzene rings is 3. The van der Waals surface area contributed by atoms with Crippen LogP contribution in [0.4, 0.5) is 35.1 Å². The predicted molar refractivity (Wildman–Crippen MR) is 340 cm³/mol. The Hall–Kier alpha value is -2.23. The minimum Gasteiger partial charge on any atom is -1.00 e. The Balaban J connectivity index is -0.00000106. The van der Waals surface area contributed by atoms with E-state index in [1.807, 2.05) is 116 Å². The van der Waals surface area contributed by atoms with Crippen molar-refractivity contribution < 1.29 is 109 Å². The topological polar surface area (TPSA) is 190 Å². The number of nitrogens with two attached hydrogens (primary N) is 2. The number of piperidine rings is 4. The molecule has 0 spiro atoms. The Morgan fingerprint density at radius 1 is 0.551 bits per heavy atom. The van der Waals surface area contributed by atoms with Gasteiger partial charge in [-0.25, -0.2) is 35.1 Å². The molecule has 0 saturated carbocycles. The molecule has 8 aliphatic heterocycles. The Bertz CT molecular complexity index is 2600. The molecule has 8 fully saturated rings. The summed E-state index contributed by atoms with van der Waals surface area (Å²) >= 11 is 0. The number of carbonyl (C=O) groups is 1. The van der Waals surface area contributed by atoms with Crippen LogP contribution in [0.2, 0.25) is 0 Å². The number of aliphatic hydroxyl groups is 1. The van der Waals surface area contributed by atoms with Crippen LogP contribution >= 0.6 is 0 Å². The molecule has 0 aliphatic carbocycles. The number of aliphatic hydroxyl groups excluding tert-OH is 1. The van der Waals surface area contributed by atoms with Gasteiger partial charge in [-0.1, -0.05) is 91.0 Å². The van der Waals surface area contributed by atoms with Gasteiger partial charge in [-0.2, -0.15) is 0 Å². The monoisotopic (exact) mass is 1370 g/mol. The van der Waals surface area contributed by atoms with E-state index in [9.17, 15) is 39.9 Å². The molecule has 0 amide bonds. The SMILES string of the molecule is CC(N=C1C[C@@H]2CC(F)(F)CN2C(C)(C)C1)c1ccccc1.CC(NC1C[C@@H]2CC(F)(F)CN2C(C)(C)C1)c1ccccc1.CC1(C)CC(=O)C[C@@H]2CC(F)(F)CN21.CC1(C)CC(N)C[C@@H]2CC(F)(F)CN21.CO.C[C@H](N)c1ccccc1.O.O.[B].[CH3-].[H-].[HH].[Na+].[Pd]. The van der Waals surface area contributed by atoms with Crippen molar-refractivity contribution in [2.45, 2.75) is 253 Å². The van der Waals surface area contributed by atoms with E-state index in [2.05, 4.69) is 71.1 Å². The number of ketones is 1. The molecular formula is C66H108BF8N8NaO4Pd-. The van der Waals surface area contributed by atoms with E-state index in [1.165, 1.54) is 16.7 Å². The van der Waals surface area contributed by atoms with Crippen LogP contribution in [0.1, 0.15) is 191 Å². The third kappa shape index (κ3) is 24.2. The van der Waals surface area contributed by atoms with Gasteiger partial charge in [0.15, 0.2) is 0 Å². The summed E-state index contributed by atoms with van der Waals surface area (Å²) in [6.45, 7) is 21.8. The van der Waals surface area contributed by atoms with Crippen LogP contribution in [0.5, 0.6) is 0 Å². The van der Waals surface area contributed by atoms with Crippen LogP contribution in [0.25, 0.3) is 0 Å². The van der Waals surface area contributed by atoms with Gasteiger partial charge in [-0.15, -0.1) is 0 Å². The number of aliphatic imine (C=N–C) groups is 1. The summed E-state index contributed by atoms with van der Waals surface area (Å²) < 4.78 is 108. The largest absolute Gasteiger partial charge is 1.00 e. The normalized spacial score (nSPS) is 28.8. The van der Waals surface area contributed by atoms with Crippen LogP contribution in [0.3, 0.4) is 0 Å². The molecule has 8 aliphatic rings. The van der Waals surface area contributed by atoms with Gasteiger partial charge in [0.1, 0.15) is 5.78 Å². The molecule has 3 aromatic rings. The standard InChI is InChI=1S/C18H26F2N2.C18H24F2N2.C10H18F2N2.C10H15F2NO.C8H11N.CH4O.CH3.B.Na.2H2O.Pd.H2.H/c2*1-13(14-7-5-4-6-8-14)21-15-9-16-11-18(19,20)12-22(16)17(2,3)10-15;1-9(2)4-7(13)3-8-5-10(11,12)6-14(8)9;1-9(2)5-8(14)3-7-4-10(11,12)6-13(7)9;1-7(9)8-5-3-2-4-6-8;1-2;;;;;;;;/h4-8,13,15-16,21H,9-12H2,1-3H3;4-8,13,16H,9-12H2,1-3H3;7-8H,3-6,13H2,1-2H3;7H,3-6H2,1-2H3;2-7H,9H2,1H3;2H,1H3;1H3;;;2*1H2;;1H;/q;;;;;;-1;;+1;;;;;-1/t13?,15?,16-;13?,16-;7?,8-;2*7-;;;;;;;;;/m11110........./s1. The van der Waals surface area contributed by atoms with Crippen molar-refractivity contribution in [3.63, 3.8) is 0 Å². The number of nitrogens with zero attached hydrogens (tertiary/aromatic N) is 5. The average molecular weight is 1370 g/mol. The van der Waals surface area contributed by atoms with Crippen molar-refractivity contribution in [1.82, 2.24) is 24.9 Å². The van der Waals surface area contributed by atoms with Gasteiger partial charge >= 0.3 is 29.6 Å². The number of fused-ring (bicyclic) bond motifs is 4. The molecule has 23 heteroatoms. The summed E-state index contributed by atoms with van der Waals surface area (Å²) in [7, 11) is 1.00. The number of hydrogen-bond acceptors (Lipinski definition) is 10. The number of nitrogens with one attached hydrogen (secondary N) is 1. The van der Waals surface area contributed by atoms with E-state index in [1.54, 1.807) is 4.90 Å². The van der Waals surface area contributed by atoms with Crippen molar-refractivity contribution >= 4 is 19.9 Å². The Labute approximate surface area is 568 Å². The minimum absolute atomic E-state index is 0. The van der Waals surface area contributed by atoms with Gasteiger partial charge in [-0.3, -0.25) is 29.4 Å². The molecule has 507 valence electrons. The van der Waals surface area contributed by atoms with E-state index in [-0.39, 0.29) is 208 Å². The maximum atomic E-state index is 13.8. The molecule has 11 rings (SSSR count). The fourth-order valence-electron chi connectivity index (χ4n) is 14.7. The van der Waals surface area contributed by atoms with Crippen LogP contribution in [0, 0.1) is 7.43 Å². The summed E-state index contributed by atoms with van der Waals surface area (Å²) in [6, 6.07) is 31.1. The number of halogens is 8. The Kier molecular flexibility index (Phi) is 34.1. The summed E-state index contributed by atoms with van der Waals surface area (Å²) in [5.41, 5.74) is 15.2. The molecule has 89 heavy (non-hydrogen) atoms. The van der Waals surface area contributed by atoms with Crippen molar-refractivity contribution in [3.05, 3.63) is 115 Å². The second kappa shape index (κ2) is 35.0. The van der Waals surface area contributed by atoms with Gasteiger partial charge in [0, 0.05) is 165 Å². The van der Waals surface area contributed by atoms with Crippen molar-refractivity contribution in [2.75, 3.05) is 33.3 Å². The predicted octanol–water partition coefficient (Wildman–Crippen LogP) is 8.99. The maximum Gasteiger partial charge on any atom is 1.00 e. The second-order valence-corrected chi connectivity index (χ2v) is 27.5. The summed E-state index contributed by atoms with van der Waals surface area (Å²) in [5.74, 6) is -10.1. The molecule has 8 saturated heterocycles. The molecule has 0 aromatic heterocycles. The molecule has 0 bridgehead atoms. The first-order valence-electron chi connectivity index (χ1n) is 30.0. The van der Waals surface area contributed by atoms with Gasteiger partial charge < -0.3 is 41.7 Å². The fraction of sp³-hybridized carbons (Fsp3) is 0.682. The van der Waals surface area contributed by atoms with Gasteiger partial charge in [0.25, 0.3) is 23.7 Å². The Morgan fingerprint density at radius 3 is 1.31 bits per heavy atom. The van der Waals surface area contributed by atoms with Crippen LogP contribution in [-0.4, -0.2) is 171 Å². The third-order valence-electron chi connectivity index (χ3n) is 18.2. The van der Waals surface area contributed by atoms with Crippen LogP contribution in [-0.2, 0) is 25.2 Å². The second-order valence-electron chi connectivity index (χ2n) is 27.5. The summed E-state index contributed by atoms with van der Waals surface area (Å²) in [5, 5.41) is 10.7. The first-order valence-corrected chi connectivity index (χ1v) is 30.0. The van der Waals surface area contributed by atoms with E-state index in [4.69, 9.17) is 21.6 Å². The summed E-state index contributed by atoms with van der Waals surface area (Å²) in [6.07, 6.45) is 5.24. The first kappa shape index (κ1) is 86.8. The van der Waals surface area contributed by atoms with Gasteiger partial charge in [0.05, 0.1) is 32.2 Å². The molecule has 3 radical (unpaired) electrons. The number of alkyl halides is 8. The number of Topliss-reactive ketones (excluding diaryl/α,β-unsaturated/α-hetero) is 1. The smallest absolute Gasteiger partial charge is 1.00 e. The van der Waals surface area contributed by atoms with E-state index in [0.717, 1.165) is 44.9 Å². The van der Waals surface area contributed by atoms with Gasteiger partial charge in [-0.05, 0) is 119 Å². The van der Waals surface area contributed by atoms with E-state index < -0.39 is 23.7 Å². The van der Waals surface area contributed by atoms with Crippen molar-refractivity contribution in [1.29, 1.82) is 0 Å². The maximum absolute atomic E-state index is 13.8. The van der Waals surface area contributed by atoms with Crippen LogP contribution < -0.4 is 46.3 Å². The van der Waals surface area contributed by atoms with E-state index >= 15 is 0 Å². The molecule has 10 N–H and O–H groups in total. The van der Waals surface area contributed by atoms with Crippen molar-refractivity contribution in [3.8, 4) is 0 Å². The zero-order chi connectivity index (χ0) is 61.7. The van der Waals surface area contributed by atoms with Gasteiger partial charge in [0.2, 0.25) is 0 Å².